The molecule has 6 nitrogen and oxygen atoms in total. The van der Waals surface area contributed by atoms with Gasteiger partial charge in [0, 0.05) is 19.3 Å². The summed E-state index contributed by atoms with van der Waals surface area (Å²) in [7, 11) is -3.73. The summed E-state index contributed by atoms with van der Waals surface area (Å²) < 4.78 is 27.7. The molecule has 1 aliphatic rings. The second-order valence-electron chi connectivity index (χ2n) is 5.86. The third-order valence-corrected chi connectivity index (χ3v) is 5.58. The Morgan fingerprint density at radius 3 is 2.67 bits per heavy atom. The number of carbonyl (C=O) groups is 1. The Bertz CT molecular complexity index is 836. The number of sulfonamides is 1. The predicted octanol–water partition coefficient (Wildman–Crippen LogP) is 2.61. The number of nitrogens with one attached hydrogen (secondary N) is 2. The first-order valence-corrected chi connectivity index (χ1v) is 9.58. The van der Waals surface area contributed by atoms with Crippen molar-refractivity contribution in [2.45, 2.75) is 31.1 Å². The van der Waals surface area contributed by atoms with Crippen molar-refractivity contribution in [2.75, 3.05) is 17.8 Å². The number of nitrogens with zero attached hydrogens (tertiary/aromatic N) is 1. The SMILES string of the molecule is CCc1ccccc1NS(=O)(=O)c1c[nH]c(C(=O)N2CCCC2)c1. The number of para-hydroxylation sites is 1. The van der Waals surface area contributed by atoms with Crippen molar-refractivity contribution in [2.24, 2.45) is 0 Å². The molecule has 0 unspecified atom stereocenters. The average Bonchev–Trinajstić information content (AvgIpc) is 3.26. The lowest BCUT2D eigenvalue weighted by molar-refractivity contribution is 0.0787. The van der Waals surface area contributed by atoms with Crippen LogP contribution in [0.1, 0.15) is 35.8 Å². The fourth-order valence-corrected chi connectivity index (χ4v) is 3.97. The predicted molar refractivity (Wildman–Crippen MR) is 92.6 cm³/mol. The molecular weight excluding hydrogens is 326 g/mol. The zero-order valence-electron chi connectivity index (χ0n) is 13.6. The Morgan fingerprint density at radius 2 is 1.96 bits per heavy atom. The van der Waals surface area contributed by atoms with Gasteiger partial charge in [-0.2, -0.15) is 0 Å². The molecule has 1 fully saturated rings. The summed E-state index contributed by atoms with van der Waals surface area (Å²) in [5, 5.41) is 0. The summed E-state index contributed by atoms with van der Waals surface area (Å²) in [6.07, 6.45) is 4.07. The van der Waals surface area contributed by atoms with Gasteiger partial charge in [-0.25, -0.2) is 8.42 Å². The van der Waals surface area contributed by atoms with Gasteiger partial charge in [0.05, 0.1) is 5.69 Å². The third kappa shape index (κ3) is 3.31. The van der Waals surface area contributed by atoms with E-state index in [0.717, 1.165) is 37.9 Å². The van der Waals surface area contributed by atoms with Crippen molar-refractivity contribution in [3.63, 3.8) is 0 Å². The van der Waals surface area contributed by atoms with E-state index in [1.807, 2.05) is 19.1 Å². The van der Waals surface area contributed by atoms with Gasteiger partial charge in [0.15, 0.2) is 0 Å². The lowest BCUT2D eigenvalue weighted by Crippen LogP contribution is -2.27. The molecule has 1 aliphatic heterocycles. The van der Waals surface area contributed by atoms with Crippen LogP contribution in [0.3, 0.4) is 0 Å². The van der Waals surface area contributed by atoms with Crippen LogP contribution in [0.5, 0.6) is 0 Å². The highest BCUT2D eigenvalue weighted by molar-refractivity contribution is 7.92. The maximum Gasteiger partial charge on any atom is 0.270 e. The summed E-state index contributed by atoms with van der Waals surface area (Å²) in [5.74, 6) is -0.150. The van der Waals surface area contributed by atoms with Gasteiger partial charge >= 0.3 is 0 Å². The highest BCUT2D eigenvalue weighted by Gasteiger charge is 2.24. The van der Waals surface area contributed by atoms with E-state index in [-0.39, 0.29) is 10.8 Å². The Labute approximate surface area is 141 Å². The van der Waals surface area contributed by atoms with E-state index in [0.29, 0.717) is 11.4 Å². The topological polar surface area (TPSA) is 82.3 Å². The van der Waals surface area contributed by atoms with Crippen LogP contribution in [0.4, 0.5) is 5.69 Å². The quantitative estimate of drug-likeness (QED) is 0.872. The number of benzene rings is 1. The smallest absolute Gasteiger partial charge is 0.270 e. The van der Waals surface area contributed by atoms with E-state index in [2.05, 4.69) is 9.71 Å². The monoisotopic (exact) mass is 347 g/mol. The summed E-state index contributed by atoms with van der Waals surface area (Å²) >= 11 is 0. The van der Waals surface area contributed by atoms with Crippen molar-refractivity contribution < 1.29 is 13.2 Å². The Hall–Kier alpha value is -2.28. The van der Waals surface area contributed by atoms with Gasteiger partial charge in [0.1, 0.15) is 10.6 Å². The zero-order chi connectivity index (χ0) is 17.2. The molecule has 0 saturated carbocycles. The van der Waals surface area contributed by atoms with Crippen molar-refractivity contribution in [3.05, 3.63) is 47.8 Å². The van der Waals surface area contributed by atoms with E-state index in [1.54, 1.807) is 17.0 Å². The van der Waals surface area contributed by atoms with Gasteiger partial charge in [-0.1, -0.05) is 25.1 Å². The Kier molecular flexibility index (Phi) is 4.62. The first-order chi connectivity index (χ1) is 11.5. The normalized spacial score (nSPS) is 14.8. The Morgan fingerprint density at radius 1 is 1.25 bits per heavy atom. The molecule has 1 aromatic heterocycles. The fourth-order valence-electron chi connectivity index (χ4n) is 2.88. The number of hydrogen-bond donors (Lipinski definition) is 2. The molecule has 1 saturated heterocycles. The molecule has 0 spiro atoms. The second kappa shape index (κ2) is 6.68. The van der Waals surface area contributed by atoms with Crippen LogP contribution >= 0.6 is 0 Å². The van der Waals surface area contributed by atoms with Gasteiger partial charge in [-0.05, 0) is 37.0 Å². The molecule has 1 aromatic carbocycles. The van der Waals surface area contributed by atoms with E-state index >= 15 is 0 Å². The zero-order valence-corrected chi connectivity index (χ0v) is 14.4. The molecule has 24 heavy (non-hydrogen) atoms. The van der Waals surface area contributed by atoms with E-state index < -0.39 is 10.0 Å². The second-order valence-corrected chi connectivity index (χ2v) is 7.55. The summed E-state index contributed by atoms with van der Waals surface area (Å²) in [5.41, 5.74) is 1.79. The molecule has 128 valence electrons. The minimum atomic E-state index is -3.73. The lowest BCUT2D eigenvalue weighted by Gasteiger charge is -2.13. The van der Waals surface area contributed by atoms with Crippen LogP contribution < -0.4 is 4.72 Å². The molecule has 0 bridgehead atoms. The number of rotatable bonds is 5. The number of anilines is 1. The molecule has 2 aromatic rings. The van der Waals surface area contributed by atoms with Gasteiger partial charge in [-0.15, -0.1) is 0 Å². The van der Waals surface area contributed by atoms with E-state index in [4.69, 9.17) is 0 Å². The molecule has 0 aliphatic carbocycles. The minimum Gasteiger partial charge on any atom is -0.356 e. The van der Waals surface area contributed by atoms with E-state index in [1.165, 1.54) is 12.3 Å². The van der Waals surface area contributed by atoms with Crippen LogP contribution in [0.15, 0.2) is 41.4 Å². The van der Waals surface area contributed by atoms with Gasteiger partial charge in [-0.3, -0.25) is 9.52 Å². The molecule has 2 N–H and O–H groups in total. The number of likely N-dealkylation sites (tertiary alicyclic amines) is 1. The highest BCUT2D eigenvalue weighted by Crippen LogP contribution is 2.22. The number of aromatic nitrogens is 1. The molecule has 0 atom stereocenters. The number of aryl methyl sites for hydroxylation is 1. The van der Waals surface area contributed by atoms with Crippen LogP contribution in [0.2, 0.25) is 0 Å². The first-order valence-electron chi connectivity index (χ1n) is 8.09. The molecule has 0 radical (unpaired) electrons. The summed E-state index contributed by atoms with van der Waals surface area (Å²) in [6, 6.07) is 8.68. The number of hydrogen-bond acceptors (Lipinski definition) is 3. The lowest BCUT2D eigenvalue weighted by atomic mass is 10.1. The molecule has 2 heterocycles. The maximum atomic E-state index is 12.6. The highest BCUT2D eigenvalue weighted by atomic mass is 32.2. The summed E-state index contributed by atoms with van der Waals surface area (Å²) in [6.45, 7) is 3.42. The van der Waals surface area contributed by atoms with Gasteiger partial charge in [0.25, 0.3) is 15.9 Å². The standard InChI is InChI=1S/C17H21N3O3S/c1-2-13-7-3-4-8-15(13)19-24(22,23)14-11-16(18-12-14)17(21)20-9-5-6-10-20/h3-4,7-8,11-12,18-19H,2,5-6,9-10H2,1H3. The third-order valence-electron chi connectivity index (χ3n) is 4.23. The average molecular weight is 347 g/mol. The number of carbonyl (C=O) groups excluding carboxylic acids is 1. The summed E-state index contributed by atoms with van der Waals surface area (Å²) in [4.78, 5) is 16.9. The van der Waals surface area contributed by atoms with Crippen molar-refractivity contribution >= 4 is 21.6 Å². The minimum absolute atomic E-state index is 0.0657. The number of amides is 1. The molecule has 7 heteroatoms. The Balaban J connectivity index is 1.81. The molecule has 1 amide bonds. The van der Waals surface area contributed by atoms with Crippen molar-refractivity contribution in [1.82, 2.24) is 9.88 Å². The van der Waals surface area contributed by atoms with Crippen molar-refractivity contribution in [3.8, 4) is 0 Å². The number of aromatic amines is 1. The van der Waals surface area contributed by atoms with Crippen molar-refractivity contribution in [1.29, 1.82) is 0 Å². The van der Waals surface area contributed by atoms with Crippen LogP contribution in [-0.4, -0.2) is 37.3 Å². The fraction of sp³-hybridized carbons (Fsp3) is 0.353. The number of H-pyrrole nitrogens is 1. The molecular formula is C17H21N3O3S. The van der Waals surface area contributed by atoms with Crippen LogP contribution in [0.25, 0.3) is 0 Å². The van der Waals surface area contributed by atoms with E-state index in [9.17, 15) is 13.2 Å². The maximum absolute atomic E-state index is 12.6. The van der Waals surface area contributed by atoms with Gasteiger partial charge < -0.3 is 9.88 Å². The largest absolute Gasteiger partial charge is 0.356 e. The van der Waals surface area contributed by atoms with Crippen LogP contribution in [-0.2, 0) is 16.4 Å². The van der Waals surface area contributed by atoms with Crippen LogP contribution in [0, 0.1) is 0 Å². The molecule has 3 rings (SSSR count). The van der Waals surface area contributed by atoms with Gasteiger partial charge in [0.2, 0.25) is 0 Å². The first kappa shape index (κ1) is 16.6.